The summed E-state index contributed by atoms with van der Waals surface area (Å²) in [4.78, 5) is 31.4. The van der Waals surface area contributed by atoms with Gasteiger partial charge in [0.1, 0.15) is 28.5 Å². The molecule has 9 heteroatoms. The molecule has 220 valence electrons. The summed E-state index contributed by atoms with van der Waals surface area (Å²) in [5, 5.41) is 1.08. The van der Waals surface area contributed by atoms with E-state index in [1.54, 1.807) is 6.20 Å². The number of hydrogen-bond donors (Lipinski definition) is 1. The van der Waals surface area contributed by atoms with Crippen molar-refractivity contribution in [3.05, 3.63) is 78.9 Å². The molecule has 2 fully saturated rings. The maximum absolute atomic E-state index is 12.5. The molecule has 0 spiro atoms. The van der Waals surface area contributed by atoms with Crippen LogP contribution < -0.4 is 5.73 Å². The fourth-order valence-electron chi connectivity index (χ4n) is 6.30. The number of pyridine rings is 1. The van der Waals surface area contributed by atoms with Crippen LogP contribution in [0.25, 0.3) is 38.9 Å². The number of nitrogens with zero attached hydrogens (tertiary/aromatic N) is 6. The highest BCUT2D eigenvalue weighted by Gasteiger charge is 2.39. The third kappa shape index (κ3) is 5.29. The second-order valence-corrected chi connectivity index (χ2v) is 12.6. The molecule has 7 rings (SSSR count). The lowest BCUT2D eigenvalue weighted by Gasteiger charge is -2.46. The van der Waals surface area contributed by atoms with E-state index in [-0.39, 0.29) is 6.09 Å². The second-order valence-electron chi connectivity index (χ2n) is 12.6. The monoisotopic (exact) mass is 575 g/mol. The van der Waals surface area contributed by atoms with E-state index in [1.807, 2.05) is 50.1 Å². The fourth-order valence-corrected chi connectivity index (χ4v) is 6.30. The molecule has 2 aromatic carbocycles. The highest BCUT2D eigenvalue weighted by Crippen LogP contribution is 2.42. The Kier molecular flexibility index (Phi) is 6.77. The Morgan fingerprint density at radius 1 is 0.930 bits per heavy atom. The van der Waals surface area contributed by atoms with E-state index in [9.17, 15) is 4.79 Å². The largest absolute Gasteiger partial charge is 0.444 e. The van der Waals surface area contributed by atoms with Gasteiger partial charge in [0.2, 0.25) is 0 Å². The Balaban J connectivity index is 1.11. The molecule has 0 bridgehead atoms. The van der Waals surface area contributed by atoms with Crippen LogP contribution in [0.1, 0.15) is 45.4 Å². The first-order chi connectivity index (χ1) is 20.7. The Hall–Kier alpha value is -4.50. The van der Waals surface area contributed by atoms with E-state index in [1.165, 1.54) is 0 Å². The second kappa shape index (κ2) is 10.6. The van der Waals surface area contributed by atoms with Crippen molar-refractivity contribution in [2.45, 2.75) is 51.2 Å². The quantitative estimate of drug-likeness (QED) is 0.281. The van der Waals surface area contributed by atoms with Crippen molar-refractivity contribution < 1.29 is 9.53 Å². The van der Waals surface area contributed by atoms with Gasteiger partial charge in [-0.2, -0.15) is 0 Å². The lowest BCUT2D eigenvalue weighted by atomic mass is 9.78. The predicted octanol–water partition coefficient (Wildman–Crippen LogP) is 5.99. The van der Waals surface area contributed by atoms with Crippen molar-refractivity contribution in [3.8, 4) is 22.5 Å². The van der Waals surface area contributed by atoms with Crippen molar-refractivity contribution in [1.82, 2.24) is 29.2 Å². The highest BCUT2D eigenvalue weighted by molar-refractivity contribution is 5.91. The number of piperazine rings is 1. The molecule has 4 heterocycles. The minimum atomic E-state index is -0.478. The molecular formula is C34H37N7O2. The normalized spacial score (nSPS) is 19.5. The summed E-state index contributed by atoms with van der Waals surface area (Å²) >= 11 is 0. The molecule has 43 heavy (non-hydrogen) atoms. The molecule has 2 N–H and O–H groups in total. The Morgan fingerprint density at radius 3 is 2.42 bits per heavy atom. The van der Waals surface area contributed by atoms with Gasteiger partial charge >= 0.3 is 6.09 Å². The number of fused-ring (bicyclic) bond motifs is 2. The number of imidazole rings is 1. The standard InChI is InChI=1S/C34H37N7O2/c1-34(2,3)43-33(42)40-17-15-39(16-18-40)26-19-25(20-26)32-38-29(30-31(35)36-13-14-41(30)32)24-10-9-23-11-12-27(37-28(23)21-24)22-7-5-4-6-8-22/h4-14,21,25-26H,15-20H2,1-3H3,(H2,35,36)/t25-,26+. The van der Waals surface area contributed by atoms with Crippen LogP contribution in [0.3, 0.4) is 0 Å². The van der Waals surface area contributed by atoms with Gasteiger partial charge in [0, 0.05) is 67.0 Å². The van der Waals surface area contributed by atoms with Crippen molar-refractivity contribution in [3.63, 3.8) is 0 Å². The number of rotatable bonds is 4. The zero-order chi connectivity index (χ0) is 29.7. The zero-order valence-corrected chi connectivity index (χ0v) is 24.9. The lowest BCUT2D eigenvalue weighted by molar-refractivity contribution is 0.00265. The summed E-state index contributed by atoms with van der Waals surface area (Å²) in [5.74, 6) is 1.81. The number of nitrogens with two attached hydrogens (primary N) is 1. The molecule has 1 saturated heterocycles. The molecule has 1 amide bonds. The lowest BCUT2D eigenvalue weighted by Crippen LogP contribution is -2.55. The van der Waals surface area contributed by atoms with Crippen LogP contribution in [0.4, 0.5) is 10.6 Å². The van der Waals surface area contributed by atoms with Gasteiger partial charge in [0.05, 0.1) is 11.2 Å². The van der Waals surface area contributed by atoms with Crippen LogP contribution in [0.5, 0.6) is 0 Å². The molecule has 5 aromatic rings. The van der Waals surface area contributed by atoms with Gasteiger partial charge in [0.15, 0.2) is 0 Å². The first kappa shape index (κ1) is 27.3. The molecule has 9 nitrogen and oxygen atoms in total. The number of anilines is 1. The van der Waals surface area contributed by atoms with Crippen LogP contribution in [0.15, 0.2) is 73.1 Å². The average molecular weight is 576 g/mol. The molecular weight excluding hydrogens is 538 g/mol. The first-order valence-electron chi connectivity index (χ1n) is 15.0. The predicted molar refractivity (Wildman–Crippen MR) is 169 cm³/mol. The minimum Gasteiger partial charge on any atom is -0.444 e. The van der Waals surface area contributed by atoms with Gasteiger partial charge in [-0.3, -0.25) is 9.30 Å². The maximum Gasteiger partial charge on any atom is 0.410 e. The van der Waals surface area contributed by atoms with Gasteiger partial charge < -0.3 is 15.4 Å². The summed E-state index contributed by atoms with van der Waals surface area (Å²) in [5.41, 5.74) is 11.6. The molecule has 1 aliphatic carbocycles. The van der Waals surface area contributed by atoms with Crippen LogP contribution in [-0.4, -0.2) is 73.1 Å². The van der Waals surface area contributed by atoms with Crippen LogP contribution in [0, 0.1) is 0 Å². The summed E-state index contributed by atoms with van der Waals surface area (Å²) in [6.07, 6.45) is 5.54. The molecule has 3 aromatic heterocycles. The smallest absolute Gasteiger partial charge is 0.410 e. The molecule has 2 aliphatic rings. The van der Waals surface area contributed by atoms with Crippen molar-refractivity contribution >= 4 is 28.3 Å². The maximum atomic E-state index is 12.5. The summed E-state index contributed by atoms with van der Waals surface area (Å²) in [6, 6.07) is 21.2. The average Bonchev–Trinajstić information content (AvgIpc) is 3.36. The fraction of sp³-hybridized carbons (Fsp3) is 0.353. The van der Waals surface area contributed by atoms with Gasteiger partial charge in [-0.05, 0) is 45.7 Å². The molecule has 1 saturated carbocycles. The van der Waals surface area contributed by atoms with Crippen molar-refractivity contribution in [1.29, 1.82) is 0 Å². The first-order valence-corrected chi connectivity index (χ1v) is 15.0. The number of hydrogen-bond acceptors (Lipinski definition) is 7. The van der Waals surface area contributed by atoms with Gasteiger partial charge in [-0.15, -0.1) is 0 Å². The SMILES string of the molecule is CC(C)(C)OC(=O)N1CCN([C@H]2C[C@@H](c3nc(-c4ccc5ccc(-c6ccccc6)nc5c4)c4c(N)nccn43)C2)CC1. The van der Waals surface area contributed by atoms with Crippen molar-refractivity contribution in [2.75, 3.05) is 31.9 Å². The Morgan fingerprint density at radius 2 is 1.67 bits per heavy atom. The van der Waals surface area contributed by atoms with Crippen LogP contribution >= 0.6 is 0 Å². The Bertz CT molecular complexity index is 1800. The van der Waals surface area contributed by atoms with Crippen molar-refractivity contribution in [2.24, 2.45) is 0 Å². The number of amides is 1. The number of nitrogen functional groups attached to an aromatic ring is 1. The summed E-state index contributed by atoms with van der Waals surface area (Å²) in [7, 11) is 0. The van der Waals surface area contributed by atoms with E-state index < -0.39 is 5.60 Å². The van der Waals surface area contributed by atoms with Crippen LogP contribution in [-0.2, 0) is 4.74 Å². The molecule has 0 unspecified atom stereocenters. The van der Waals surface area contributed by atoms with E-state index in [2.05, 4.69) is 56.7 Å². The number of benzene rings is 2. The summed E-state index contributed by atoms with van der Waals surface area (Å²) in [6.45, 7) is 8.81. The summed E-state index contributed by atoms with van der Waals surface area (Å²) < 4.78 is 7.69. The molecule has 1 aliphatic heterocycles. The third-order valence-corrected chi connectivity index (χ3v) is 8.61. The number of aromatic nitrogens is 4. The molecule has 0 atom stereocenters. The van der Waals surface area contributed by atoms with Crippen LogP contribution in [0.2, 0.25) is 0 Å². The number of carbonyl (C=O) groups is 1. The highest BCUT2D eigenvalue weighted by atomic mass is 16.6. The van der Waals surface area contributed by atoms with E-state index in [4.69, 9.17) is 20.4 Å². The third-order valence-electron chi connectivity index (χ3n) is 8.61. The van der Waals surface area contributed by atoms with E-state index >= 15 is 0 Å². The zero-order valence-electron chi connectivity index (χ0n) is 24.9. The van der Waals surface area contributed by atoms with E-state index in [0.717, 1.165) is 70.7 Å². The topological polar surface area (TPSA) is 102 Å². The number of carbonyl (C=O) groups excluding carboxylic acids is 1. The Labute approximate surface area is 251 Å². The van der Waals surface area contributed by atoms with Gasteiger partial charge in [-0.1, -0.05) is 48.5 Å². The number of ether oxygens (including phenoxy) is 1. The van der Waals surface area contributed by atoms with Gasteiger partial charge in [-0.25, -0.2) is 19.7 Å². The molecule has 0 radical (unpaired) electrons. The van der Waals surface area contributed by atoms with E-state index in [0.29, 0.717) is 30.9 Å². The van der Waals surface area contributed by atoms with Gasteiger partial charge in [0.25, 0.3) is 0 Å². The minimum absolute atomic E-state index is 0.221.